The van der Waals surface area contributed by atoms with Crippen LogP contribution in [-0.4, -0.2) is 71.2 Å². The van der Waals surface area contributed by atoms with Gasteiger partial charge in [0.15, 0.2) is 0 Å². The summed E-state index contributed by atoms with van der Waals surface area (Å²) in [7, 11) is 1.76. The number of nitrogens with zero attached hydrogens (tertiary/aromatic N) is 3. The lowest BCUT2D eigenvalue weighted by molar-refractivity contribution is -0.137. The predicted molar refractivity (Wildman–Crippen MR) is 96.8 cm³/mol. The summed E-state index contributed by atoms with van der Waals surface area (Å²) >= 11 is 0. The summed E-state index contributed by atoms with van der Waals surface area (Å²) < 4.78 is 0. The van der Waals surface area contributed by atoms with Gasteiger partial charge < -0.3 is 15.5 Å². The Kier molecular flexibility index (Phi) is 5.56. The van der Waals surface area contributed by atoms with Gasteiger partial charge in [0.1, 0.15) is 0 Å². The Balaban J connectivity index is 1.76. The number of benzene rings is 1. The largest absolute Gasteiger partial charge is 0.368 e. The smallest absolute Gasteiger partial charge is 0.240 e. The molecule has 2 fully saturated rings. The molecule has 1 aromatic rings. The first-order chi connectivity index (χ1) is 12.5. The van der Waals surface area contributed by atoms with Gasteiger partial charge in [-0.3, -0.25) is 19.3 Å². The molecule has 2 heterocycles. The second kappa shape index (κ2) is 7.86. The molecule has 1 aromatic carbocycles. The number of nitrogens with two attached hydrogens (primary N) is 1. The maximum atomic E-state index is 13.1. The van der Waals surface area contributed by atoms with Crippen molar-refractivity contribution in [2.75, 3.05) is 26.7 Å². The Morgan fingerprint density at radius 3 is 2.46 bits per heavy atom. The van der Waals surface area contributed by atoms with E-state index < -0.39 is 6.04 Å². The molecule has 26 heavy (non-hydrogen) atoms. The van der Waals surface area contributed by atoms with Crippen molar-refractivity contribution >= 4 is 17.7 Å². The number of primary amides is 1. The number of carbonyl (C=O) groups excluding carboxylic acids is 3. The third-order valence-electron chi connectivity index (χ3n) is 5.37. The molecule has 2 atom stereocenters. The molecule has 2 aliphatic rings. The first kappa shape index (κ1) is 18.4. The Labute approximate surface area is 153 Å². The van der Waals surface area contributed by atoms with E-state index in [1.54, 1.807) is 16.8 Å². The van der Waals surface area contributed by atoms with Crippen LogP contribution in [0.1, 0.15) is 24.8 Å². The molecule has 2 aliphatic heterocycles. The van der Waals surface area contributed by atoms with Crippen molar-refractivity contribution in [2.24, 2.45) is 5.73 Å². The normalized spacial score (nSPS) is 24.6. The molecule has 140 valence electrons. The fourth-order valence-corrected chi connectivity index (χ4v) is 3.81. The third kappa shape index (κ3) is 3.88. The number of likely N-dealkylation sites (tertiary alicyclic amines) is 1. The zero-order valence-electron chi connectivity index (χ0n) is 15.1. The summed E-state index contributed by atoms with van der Waals surface area (Å²) in [6.07, 6.45) is 1.54. The van der Waals surface area contributed by atoms with Gasteiger partial charge in [-0.1, -0.05) is 30.3 Å². The molecule has 7 heteroatoms. The first-order valence-electron chi connectivity index (χ1n) is 9.09. The van der Waals surface area contributed by atoms with E-state index >= 15 is 0 Å². The average Bonchev–Trinajstić information content (AvgIpc) is 2.97. The summed E-state index contributed by atoms with van der Waals surface area (Å²) in [4.78, 5) is 42.2. The number of rotatable bonds is 4. The minimum Gasteiger partial charge on any atom is -0.368 e. The SMILES string of the molecule is CN1CCN(C(=O)[C@@H]2CC[C@H](C(N)=O)N2Cc2ccccc2)CCC1=O. The van der Waals surface area contributed by atoms with E-state index in [0.29, 0.717) is 45.4 Å². The third-order valence-corrected chi connectivity index (χ3v) is 5.37. The van der Waals surface area contributed by atoms with E-state index in [0.717, 1.165) is 5.56 Å². The van der Waals surface area contributed by atoms with Crippen LogP contribution in [0.25, 0.3) is 0 Å². The molecule has 3 amide bonds. The maximum Gasteiger partial charge on any atom is 0.240 e. The lowest BCUT2D eigenvalue weighted by atomic mass is 10.1. The molecule has 0 unspecified atom stereocenters. The standard InChI is InChI=1S/C19H26N4O3/c1-21-11-12-22(10-9-17(21)24)19(26)16-8-7-15(18(20)25)23(16)13-14-5-3-2-4-6-14/h2-6,15-16H,7-13H2,1H3,(H2,20,25)/t15-,16+/m1/s1. The average molecular weight is 358 g/mol. The minimum atomic E-state index is -0.430. The zero-order chi connectivity index (χ0) is 18.7. The van der Waals surface area contributed by atoms with E-state index in [2.05, 4.69) is 0 Å². The van der Waals surface area contributed by atoms with Crippen LogP contribution in [0.5, 0.6) is 0 Å². The van der Waals surface area contributed by atoms with Gasteiger partial charge in [-0.15, -0.1) is 0 Å². The zero-order valence-corrected chi connectivity index (χ0v) is 15.1. The second-order valence-electron chi connectivity index (χ2n) is 7.06. The van der Waals surface area contributed by atoms with E-state index in [4.69, 9.17) is 5.73 Å². The molecule has 3 rings (SSSR count). The summed E-state index contributed by atoms with van der Waals surface area (Å²) in [6, 6.07) is 8.99. The van der Waals surface area contributed by atoms with Crippen molar-refractivity contribution in [1.29, 1.82) is 0 Å². The van der Waals surface area contributed by atoms with Crippen molar-refractivity contribution in [3.8, 4) is 0 Å². The molecule has 0 radical (unpaired) electrons. The van der Waals surface area contributed by atoms with E-state index in [1.807, 2.05) is 35.2 Å². The molecule has 2 N–H and O–H groups in total. The second-order valence-corrected chi connectivity index (χ2v) is 7.06. The highest BCUT2D eigenvalue weighted by atomic mass is 16.2. The molecule has 0 bridgehead atoms. The fourth-order valence-electron chi connectivity index (χ4n) is 3.81. The fraction of sp³-hybridized carbons (Fsp3) is 0.526. The van der Waals surface area contributed by atoms with Gasteiger partial charge in [0.05, 0.1) is 12.1 Å². The number of hydrogen-bond acceptors (Lipinski definition) is 4. The van der Waals surface area contributed by atoms with Gasteiger partial charge in [-0.05, 0) is 18.4 Å². The van der Waals surface area contributed by atoms with Gasteiger partial charge in [0.2, 0.25) is 17.7 Å². The summed E-state index contributed by atoms with van der Waals surface area (Å²) in [5.74, 6) is -0.335. The van der Waals surface area contributed by atoms with E-state index in [-0.39, 0.29) is 23.8 Å². The molecule has 0 spiro atoms. The van der Waals surface area contributed by atoms with Gasteiger partial charge in [-0.2, -0.15) is 0 Å². The van der Waals surface area contributed by atoms with Crippen LogP contribution in [-0.2, 0) is 20.9 Å². The van der Waals surface area contributed by atoms with Crippen LogP contribution in [0.4, 0.5) is 0 Å². The summed E-state index contributed by atoms with van der Waals surface area (Å²) in [6.45, 7) is 2.00. The Morgan fingerprint density at radius 2 is 1.77 bits per heavy atom. The number of likely N-dealkylation sites (N-methyl/N-ethyl adjacent to an activating group) is 1. The summed E-state index contributed by atoms with van der Waals surface area (Å²) in [5, 5.41) is 0. The Hall–Kier alpha value is -2.41. The first-order valence-corrected chi connectivity index (χ1v) is 9.09. The number of hydrogen-bond donors (Lipinski definition) is 1. The van der Waals surface area contributed by atoms with Crippen LogP contribution in [0.3, 0.4) is 0 Å². The van der Waals surface area contributed by atoms with Crippen molar-refractivity contribution in [3.63, 3.8) is 0 Å². The summed E-state index contributed by atoms with van der Waals surface area (Å²) in [5.41, 5.74) is 6.63. The molecular formula is C19H26N4O3. The molecular weight excluding hydrogens is 332 g/mol. The predicted octanol–water partition coefficient (Wildman–Crippen LogP) is 0.196. The van der Waals surface area contributed by atoms with Crippen molar-refractivity contribution in [3.05, 3.63) is 35.9 Å². The number of amides is 3. The van der Waals surface area contributed by atoms with E-state index in [9.17, 15) is 14.4 Å². The van der Waals surface area contributed by atoms with Gasteiger partial charge in [0, 0.05) is 39.6 Å². The number of carbonyl (C=O) groups is 3. The highest BCUT2D eigenvalue weighted by Crippen LogP contribution is 2.28. The monoisotopic (exact) mass is 358 g/mol. The van der Waals surface area contributed by atoms with Crippen LogP contribution in [0.15, 0.2) is 30.3 Å². The highest BCUT2D eigenvalue weighted by molar-refractivity contribution is 5.87. The Morgan fingerprint density at radius 1 is 1.08 bits per heavy atom. The topological polar surface area (TPSA) is 86.9 Å². The van der Waals surface area contributed by atoms with E-state index in [1.165, 1.54) is 0 Å². The Bertz CT molecular complexity index is 679. The van der Waals surface area contributed by atoms with Crippen LogP contribution >= 0.6 is 0 Å². The van der Waals surface area contributed by atoms with Crippen molar-refractivity contribution in [2.45, 2.75) is 37.9 Å². The molecule has 0 aliphatic carbocycles. The quantitative estimate of drug-likeness (QED) is 0.833. The highest BCUT2D eigenvalue weighted by Gasteiger charge is 2.42. The maximum absolute atomic E-state index is 13.1. The lowest BCUT2D eigenvalue weighted by Gasteiger charge is -2.31. The van der Waals surface area contributed by atoms with Crippen LogP contribution < -0.4 is 5.73 Å². The minimum absolute atomic E-state index is 0.00668. The molecule has 7 nitrogen and oxygen atoms in total. The van der Waals surface area contributed by atoms with Crippen molar-refractivity contribution < 1.29 is 14.4 Å². The van der Waals surface area contributed by atoms with Crippen LogP contribution in [0.2, 0.25) is 0 Å². The van der Waals surface area contributed by atoms with Gasteiger partial charge >= 0.3 is 0 Å². The molecule has 0 aromatic heterocycles. The lowest BCUT2D eigenvalue weighted by Crippen LogP contribution is -2.50. The van der Waals surface area contributed by atoms with Gasteiger partial charge in [0.25, 0.3) is 0 Å². The molecule has 0 saturated carbocycles. The van der Waals surface area contributed by atoms with Crippen LogP contribution in [0, 0.1) is 0 Å². The van der Waals surface area contributed by atoms with Gasteiger partial charge in [-0.25, -0.2) is 0 Å². The molecule has 2 saturated heterocycles. The van der Waals surface area contributed by atoms with Crippen molar-refractivity contribution in [1.82, 2.24) is 14.7 Å².